The van der Waals surface area contributed by atoms with Crippen molar-refractivity contribution in [2.75, 3.05) is 53.3 Å². The van der Waals surface area contributed by atoms with Crippen LogP contribution < -0.4 is 5.32 Å². The topological polar surface area (TPSA) is 46.1 Å². The molecule has 25 heavy (non-hydrogen) atoms. The normalized spacial score (nSPS) is 17.7. The Morgan fingerprint density at radius 2 is 2.20 bits per heavy atom. The summed E-state index contributed by atoms with van der Waals surface area (Å²) in [5.74, 6) is 1.50. The summed E-state index contributed by atoms with van der Waals surface area (Å²) in [6.07, 6.45) is 4.20. The van der Waals surface area contributed by atoms with Crippen LogP contribution in [0.1, 0.15) is 18.4 Å². The number of nitrogens with zero attached hydrogens (tertiary/aromatic N) is 2. The molecule has 0 spiro atoms. The molecule has 1 unspecified atom stereocenters. The molecule has 1 aliphatic heterocycles. The molecule has 1 saturated heterocycles. The molecule has 2 rings (SSSR count). The standard InChI is InChI=1S/C19H31N3O2S/c1-20-19(21-10-4-11-23-14-17-9-12-24-15-17)22(2)13-16-5-7-18(25-3)8-6-16/h5-8,17H,4,9-15H2,1-3H3,(H,20,21). The van der Waals surface area contributed by atoms with Crippen LogP contribution in [0.2, 0.25) is 0 Å². The first-order chi connectivity index (χ1) is 12.2. The van der Waals surface area contributed by atoms with Crippen LogP contribution in [-0.2, 0) is 16.0 Å². The highest BCUT2D eigenvalue weighted by Crippen LogP contribution is 2.15. The Labute approximate surface area is 156 Å². The molecule has 1 aromatic carbocycles. The molecule has 0 saturated carbocycles. The van der Waals surface area contributed by atoms with Crippen molar-refractivity contribution in [3.05, 3.63) is 29.8 Å². The van der Waals surface area contributed by atoms with E-state index in [0.717, 1.165) is 58.3 Å². The van der Waals surface area contributed by atoms with E-state index in [1.54, 1.807) is 11.8 Å². The molecule has 0 bridgehead atoms. The maximum absolute atomic E-state index is 5.74. The van der Waals surface area contributed by atoms with Crippen LogP contribution in [0.5, 0.6) is 0 Å². The van der Waals surface area contributed by atoms with Gasteiger partial charge in [0.15, 0.2) is 5.96 Å². The molecule has 5 nitrogen and oxygen atoms in total. The molecule has 1 aromatic rings. The third-order valence-electron chi connectivity index (χ3n) is 4.28. The lowest BCUT2D eigenvalue weighted by molar-refractivity contribution is 0.0887. The van der Waals surface area contributed by atoms with Crippen LogP contribution in [-0.4, -0.2) is 64.2 Å². The zero-order chi connectivity index (χ0) is 17.9. The molecule has 0 amide bonds. The highest BCUT2D eigenvalue weighted by Gasteiger charge is 2.15. The van der Waals surface area contributed by atoms with E-state index in [9.17, 15) is 0 Å². The maximum Gasteiger partial charge on any atom is 0.193 e. The largest absolute Gasteiger partial charge is 0.381 e. The lowest BCUT2D eigenvalue weighted by Crippen LogP contribution is -2.39. The molecule has 140 valence electrons. The first-order valence-corrected chi connectivity index (χ1v) is 10.2. The Morgan fingerprint density at radius 1 is 1.40 bits per heavy atom. The molecule has 1 aliphatic rings. The lowest BCUT2D eigenvalue weighted by atomic mass is 10.1. The van der Waals surface area contributed by atoms with Crippen molar-refractivity contribution in [3.8, 4) is 0 Å². The predicted molar refractivity (Wildman–Crippen MR) is 105 cm³/mol. The first kappa shape index (κ1) is 20.1. The fraction of sp³-hybridized carbons (Fsp3) is 0.632. The van der Waals surface area contributed by atoms with Gasteiger partial charge in [-0.15, -0.1) is 11.8 Å². The molecule has 6 heteroatoms. The monoisotopic (exact) mass is 365 g/mol. The van der Waals surface area contributed by atoms with E-state index in [4.69, 9.17) is 9.47 Å². The van der Waals surface area contributed by atoms with Crippen LogP contribution in [0.25, 0.3) is 0 Å². The van der Waals surface area contributed by atoms with Crippen LogP contribution >= 0.6 is 11.8 Å². The summed E-state index contributed by atoms with van der Waals surface area (Å²) in [4.78, 5) is 7.80. The van der Waals surface area contributed by atoms with Crippen LogP contribution in [0.3, 0.4) is 0 Å². The van der Waals surface area contributed by atoms with E-state index in [2.05, 4.69) is 52.8 Å². The average molecular weight is 366 g/mol. The van der Waals surface area contributed by atoms with Gasteiger partial charge in [0.05, 0.1) is 13.2 Å². The second-order valence-electron chi connectivity index (χ2n) is 6.34. The summed E-state index contributed by atoms with van der Waals surface area (Å²) in [5, 5.41) is 3.41. The van der Waals surface area contributed by atoms with Crippen LogP contribution in [0.15, 0.2) is 34.2 Å². The van der Waals surface area contributed by atoms with Gasteiger partial charge in [0.25, 0.3) is 0 Å². The molecule has 0 aromatic heterocycles. The molecular weight excluding hydrogens is 334 g/mol. The van der Waals surface area contributed by atoms with E-state index < -0.39 is 0 Å². The van der Waals surface area contributed by atoms with Crippen molar-refractivity contribution in [1.29, 1.82) is 0 Å². The van der Waals surface area contributed by atoms with Gasteiger partial charge in [0.1, 0.15) is 0 Å². The van der Waals surface area contributed by atoms with Gasteiger partial charge in [-0.3, -0.25) is 4.99 Å². The third-order valence-corrected chi connectivity index (χ3v) is 5.02. The SMILES string of the molecule is CN=C(NCCCOCC1CCOC1)N(C)Cc1ccc(SC)cc1. The molecule has 1 atom stereocenters. The minimum Gasteiger partial charge on any atom is -0.381 e. The quantitative estimate of drug-likeness (QED) is 0.316. The zero-order valence-corrected chi connectivity index (χ0v) is 16.5. The van der Waals surface area contributed by atoms with E-state index in [1.165, 1.54) is 10.5 Å². The summed E-state index contributed by atoms with van der Waals surface area (Å²) < 4.78 is 11.1. The summed E-state index contributed by atoms with van der Waals surface area (Å²) in [5.41, 5.74) is 1.28. The predicted octanol–water partition coefficient (Wildman–Crippen LogP) is 2.86. The Hall–Kier alpha value is -1.24. The number of benzene rings is 1. The van der Waals surface area contributed by atoms with Crippen molar-refractivity contribution >= 4 is 17.7 Å². The molecule has 0 aliphatic carbocycles. The number of rotatable bonds is 9. The molecule has 1 fully saturated rings. The zero-order valence-electron chi connectivity index (χ0n) is 15.7. The van der Waals surface area contributed by atoms with Gasteiger partial charge >= 0.3 is 0 Å². The van der Waals surface area contributed by atoms with E-state index in [-0.39, 0.29) is 0 Å². The smallest absolute Gasteiger partial charge is 0.193 e. The third kappa shape index (κ3) is 7.26. The summed E-state index contributed by atoms with van der Waals surface area (Å²) in [6.45, 7) is 5.04. The summed E-state index contributed by atoms with van der Waals surface area (Å²) in [7, 11) is 3.89. The maximum atomic E-state index is 5.74. The van der Waals surface area contributed by atoms with Crippen LogP contribution in [0, 0.1) is 5.92 Å². The van der Waals surface area contributed by atoms with Gasteiger partial charge < -0.3 is 19.7 Å². The van der Waals surface area contributed by atoms with Gasteiger partial charge in [-0.1, -0.05) is 12.1 Å². The number of guanidine groups is 1. The average Bonchev–Trinajstić information content (AvgIpc) is 3.15. The second-order valence-corrected chi connectivity index (χ2v) is 7.22. The number of thioether (sulfide) groups is 1. The minimum absolute atomic E-state index is 0.587. The minimum atomic E-state index is 0.587. The van der Waals surface area contributed by atoms with E-state index in [0.29, 0.717) is 5.92 Å². The number of aliphatic imine (C=N–C) groups is 1. The Bertz CT molecular complexity index is 516. The van der Waals surface area contributed by atoms with Crippen molar-refractivity contribution in [2.24, 2.45) is 10.9 Å². The van der Waals surface area contributed by atoms with Crippen molar-refractivity contribution in [2.45, 2.75) is 24.3 Å². The van der Waals surface area contributed by atoms with E-state index >= 15 is 0 Å². The molecule has 1 heterocycles. The number of ether oxygens (including phenoxy) is 2. The Balaban J connectivity index is 1.62. The van der Waals surface area contributed by atoms with Gasteiger partial charge in [-0.25, -0.2) is 0 Å². The molecule has 0 radical (unpaired) electrons. The molecular formula is C19H31N3O2S. The van der Waals surface area contributed by atoms with Crippen molar-refractivity contribution in [3.63, 3.8) is 0 Å². The summed E-state index contributed by atoms with van der Waals surface area (Å²) >= 11 is 1.76. The van der Waals surface area contributed by atoms with Gasteiger partial charge in [-0.05, 0) is 36.8 Å². The fourth-order valence-corrected chi connectivity index (χ4v) is 3.21. The number of nitrogens with one attached hydrogen (secondary N) is 1. The van der Waals surface area contributed by atoms with E-state index in [1.807, 2.05) is 7.05 Å². The van der Waals surface area contributed by atoms with Gasteiger partial charge in [-0.2, -0.15) is 0 Å². The number of hydrogen-bond acceptors (Lipinski definition) is 4. The molecule has 1 N–H and O–H groups in total. The lowest BCUT2D eigenvalue weighted by Gasteiger charge is -2.22. The van der Waals surface area contributed by atoms with Crippen molar-refractivity contribution < 1.29 is 9.47 Å². The first-order valence-electron chi connectivity index (χ1n) is 8.93. The van der Waals surface area contributed by atoms with Crippen molar-refractivity contribution in [1.82, 2.24) is 10.2 Å². The highest BCUT2D eigenvalue weighted by atomic mass is 32.2. The second kappa shape index (κ2) is 11.4. The van der Waals surface area contributed by atoms with Gasteiger partial charge in [0, 0.05) is 51.2 Å². The number of hydrogen-bond donors (Lipinski definition) is 1. The Morgan fingerprint density at radius 3 is 2.84 bits per heavy atom. The highest BCUT2D eigenvalue weighted by molar-refractivity contribution is 7.98. The van der Waals surface area contributed by atoms with Crippen LogP contribution in [0.4, 0.5) is 0 Å². The Kier molecular flexibility index (Phi) is 9.15. The van der Waals surface area contributed by atoms with Gasteiger partial charge in [0.2, 0.25) is 0 Å². The fourth-order valence-electron chi connectivity index (χ4n) is 2.80. The summed E-state index contributed by atoms with van der Waals surface area (Å²) in [6, 6.07) is 8.68.